The first kappa shape index (κ1) is 14.6. The Morgan fingerprint density at radius 2 is 2.38 bits per heavy atom. The quantitative estimate of drug-likeness (QED) is 0.600. The maximum Gasteiger partial charge on any atom is 0.372 e. The fraction of sp³-hybridized carbons (Fsp3) is 0.500. The highest BCUT2D eigenvalue weighted by Crippen LogP contribution is 2.32. The largest absolute Gasteiger partial charge is 0.408 e. The minimum atomic E-state index is -2.14. The number of nitrogens with zero attached hydrogens (tertiary/aromatic N) is 4. The molecule has 1 saturated heterocycles. The zero-order valence-corrected chi connectivity index (χ0v) is 12.4. The van der Waals surface area contributed by atoms with E-state index in [4.69, 9.17) is 15.0 Å². The number of anilines is 1. The zero-order chi connectivity index (χ0) is 15.0. The van der Waals surface area contributed by atoms with E-state index in [9.17, 15) is 9.67 Å². The molecule has 112 valence electrons. The van der Waals surface area contributed by atoms with E-state index in [2.05, 4.69) is 27.2 Å². The van der Waals surface area contributed by atoms with Gasteiger partial charge in [0.1, 0.15) is 30.8 Å². The second-order valence-corrected chi connectivity index (χ2v) is 6.13. The van der Waals surface area contributed by atoms with Gasteiger partial charge in [-0.25, -0.2) is 15.0 Å². The van der Waals surface area contributed by atoms with Gasteiger partial charge in [0, 0.05) is 6.42 Å². The van der Waals surface area contributed by atoms with Crippen LogP contribution in [0.1, 0.15) is 12.6 Å². The SMILES string of the molecule is Nc1ncnc2c1ncn2[C@H]1C[C@H](O)[C@@H](CO[P+](=O)[S-])O1. The third kappa shape index (κ3) is 2.85. The number of hydrogen-bond acceptors (Lipinski definition) is 9. The van der Waals surface area contributed by atoms with Gasteiger partial charge in [-0.3, -0.25) is 4.57 Å². The molecule has 1 aliphatic rings. The van der Waals surface area contributed by atoms with E-state index >= 15 is 0 Å². The van der Waals surface area contributed by atoms with Crippen molar-refractivity contribution >= 4 is 36.5 Å². The van der Waals surface area contributed by atoms with Crippen molar-refractivity contribution in [2.45, 2.75) is 24.9 Å². The number of hydrogen-bond donors (Lipinski definition) is 2. The Kier molecular flexibility index (Phi) is 4.05. The molecule has 0 bridgehead atoms. The maximum absolute atomic E-state index is 10.8. The lowest BCUT2D eigenvalue weighted by molar-refractivity contribution is -0.0364. The molecule has 0 spiro atoms. The van der Waals surface area contributed by atoms with Gasteiger partial charge < -0.3 is 27.8 Å². The molecule has 3 heterocycles. The summed E-state index contributed by atoms with van der Waals surface area (Å²) in [5.74, 6) is 0.278. The number of aliphatic hydroxyl groups is 1. The lowest BCUT2D eigenvalue weighted by Crippen LogP contribution is -2.25. The predicted octanol–water partition coefficient (Wildman–Crippen LogP) is 0.278. The average Bonchev–Trinajstić information content (AvgIpc) is 3.01. The highest BCUT2D eigenvalue weighted by molar-refractivity contribution is 8.25. The number of aromatic nitrogens is 4. The summed E-state index contributed by atoms with van der Waals surface area (Å²) in [7, 11) is -2.14. The van der Waals surface area contributed by atoms with Crippen LogP contribution >= 0.6 is 7.23 Å². The van der Waals surface area contributed by atoms with Crippen LogP contribution < -0.4 is 5.73 Å². The Morgan fingerprint density at radius 1 is 1.57 bits per heavy atom. The van der Waals surface area contributed by atoms with Crippen molar-refractivity contribution in [3.8, 4) is 0 Å². The first-order chi connectivity index (χ1) is 10.1. The van der Waals surface area contributed by atoms with Crippen LogP contribution in [0.2, 0.25) is 0 Å². The molecule has 0 amide bonds. The van der Waals surface area contributed by atoms with Gasteiger partial charge in [-0.15, -0.1) is 0 Å². The first-order valence-corrected chi connectivity index (χ1v) is 8.29. The monoisotopic (exact) mass is 329 g/mol. The topological polar surface area (TPSA) is 125 Å². The Hall–Kier alpha value is -1.32. The molecule has 1 fully saturated rings. The fourth-order valence-electron chi connectivity index (χ4n) is 2.25. The van der Waals surface area contributed by atoms with E-state index in [1.807, 2.05) is 0 Å². The molecule has 21 heavy (non-hydrogen) atoms. The van der Waals surface area contributed by atoms with Crippen LogP contribution in [0, 0.1) is 0 Å². The van der Waals surface area contributed by atoms with Crippen molar-refractivity contribution < 1.29 is 18.9 Å². The Morgan fingerprint density at radius 3 is 3.14 bits per heavy atom. The van der Waals surface area contributed by atoms with E-state index in [1.165, 1.54) is 12.7 Å². The number of nitrogen functional groups attached to an aromatic ring is 1. The van der Waals surface area contributed by atoms with E-state index in [0.29, 0.717) is 17.6 Å². The van der Waals surface area contributed by atoms with E-state index < -0.39 is 25.7 Å². The van der Waals surface area contributed by atoms with Crippen LogP contribution in [0.3, 0.4) is 0 Å². The van der Waals surface area contributed by atoms with Crippen molar-refractivity contribution in [3.63, 3.8) is 0 Å². The minimum Gasteiger partial charge on any atom is -0.408 e. The van der Waals surface area contributed by atoms with Gasteiger partial charge in [-0.1, -0.05) is 4.57 Å². The minimum absolute atomic E-state index is 0.0277. The fourth-order valence-corrected chi connectivity index (χ4v) is 2.70. The molecule has 1 unspecified atom stereocenters. The molecule has 3 rings (SSSR count). The Bertz CT molecular complexity index is 683. The van der Waals surface area contributed by atoms with E-state index in [1.54, 1.807) is 4.57 Å². The number of ether oxygens (including phenoxy) is 1. The molecule has 0 aliphatic carbocycles. The van der Waals surface area contributed by atoms with Gasteiger partial charge >= 0.3 is 7.23 Å². The molecule has 2 aromatic rings. The summed E-state index contributed by atoms with van der Waals surface area (Å²) in [6.45, 7) is -0.0277. The van der Waals surface area contributed by atoms with E-state index in [-0.39, 0.29) is 12.4 Å². The summed E-state index contributed by atoms with van der Waals surface area (Å²) < 4.78 is 23.0. The molecule has 0 radical (unpaired) electrons. The number of fused-ring (bicyclic) bond motifs is 1. The molecule has 4 atom stereocenters. The zero-order valence-electron chi connectivity index (χ0n) is 10.7. The second-order valence-electron chi connectivity index (χ2n) is 4.53. The molecule has 9 nitrogen and oxygen atoms in total. The molecule has 0 aromatic carbocycles. The van der Waals surface area contributed by atoms with Gasteiger partial charge in [0.25, 0.3) is 0 Å². The summed E-state index contributed by atoms with van der Waals surface area (Å²) in [5, 5.41) is 9.97. The van der Waals surface area contributed by atoms with Crippen LogP contribution in [0.5, 0.6) is 0 Å². The molecule has 1 aliphatic heterocycles. The standard InChI is InChI=1S/C10H12N5O4PS/c11-9-8-10(13-3-12-9)15(4-14-8)7-1-5(16)6(19-7)2-18-20(17)21/h3-7,16H,1-2H2,(H2,11,12,13)/t5-,6+,7+/m0/s1. The molecule has 11 heteroatoms. The third-order valence-electron chi connectivity index (χ3n) is 3.25. The van der Waals surface area contributed by atoms with Crippen LogP contribution in [-0.2, 0) is 26.1 Å². The van der Waals surface area contributed by atoms with Gasteiger partial charge in [-0.2, -0.15) is 4.52 Å². The Balaban J connectivity index is 1.81. The van der Waals surface area contributed by atoms with Crippen LogP contribution in [0.25, 0.3) is 11.2 Å². The highest BCUT2D eigenvalue weighted by Gasteiger charge is 2.37. The van der Waals surface area contributed by atoms with E-state index in [0.717, 1.165) is 0 Å². The lowest BCUT2D eigenvalue weighted by atomic mass is 10.2. The normalized spacial score (nSPS) is 26.4. The van der Waals surface area contributed by atoms with Crippen molar-refractivity contribution in [2.24, 2.45) is 0 Å². The van der Waals surface area contributed by atoms with Gasteiger partial charge in [0.05, 0.1) is 12.4 Å². The lowest BCUT2D eigenvalue weighted by Gasteiger charge is -2.13. The summed E-state index contributed by atoms with van der Waals surface area (Å²) in [4.78, 5) is 12.1. The predicted molar refractivity (Wildman–Crippen MR) is 75.2 cm³/mol. The second kappa shape index (κ2) is 5.82. The van der Waals surface area contributed by atoms with Crippen LogP contribution in [-0.4, -0.2) is 43.4 Å². The van der Waals surface area contributed by atoms with Crippen LogP contribution in [0.4, 0.5) is 5.82 Å². The first-order valence-electron chi connectivity index (χ1n) is 6.10. The smallest absolute Gasteiger partial charge is 0.372 e. The maximum atomic E-state index is 10.8. The Labute approximate surface area is 125 Å². The number of rotatable bonds is 4. The summed E-state index contributed by atoms with van der Waals surface area (Å²) in [6.07, 6.45) is 1.38. The van der Waals surface area contributed by atoms with Gasteiger partial charge in [0.15, 0.2) is 11.5 Å². The molecule has 3 N–H and O–H groups in total. The van der Waals surface area contributed by atoms with Crippen molar-refractivity contribution in [1.82, 2.24) is 19.5 Å². The average molecular weight is 329 g/mol. The van der Waals surface area contributed by atoms with Gasteiger partial charge in [-0.05, 0) is 0 Å². The molecular weight excluding hydrogens is 317 g/mol. The van der Waals surface area contributed by atoms with Crippen LogP contribution in [0.15, 0.2) is 12.7 Å². The van der Waals surface area contributed by atoms with Crippen molar-refractivity contribution in [2.75, 3.05) is 12.3 Å². The third-order valence-corrected chi connectivity index (χ3v) is 3.92. The summed E-state index contributed by atoms with van der Waals surface area (Å²) in [5.41, 5.74) is 6.72. The van der Waals surface area contributed by atoms with Crippen molar-refractivity contribution in [1.29, 1.82) is 0 Å². The van der Waals surface area contributed by atoms with Gasteiger partial charge in [0.2, 0.25) is 0 Å². The summed E-state index contributed by atoms with van der Waals surface area (Å²) in [6, 6.07) is 0. The number of imidazole rings is 1. The molecule has 0 saturated carbocycles. The molecule has 2 aromatic heterocycles. The molecular formula is C10H12N5O4PS. The van der Waals surface area contributed by atoms with Crippen molar-refractivity contribution in [3.05, 3.63) is 12.7 Å². The summed E-state index contributed by atoms with van der Waals surface area (Å²) >= 11 is 4.44. The number of nitrogens with two attached hydrogens (primary N) is 1. The highest BCUT2D eigenvalue weighted by atomic mass is 32.7. The number of aliphatic hydroxyl groups excluding tert-OH is 1.